The van der Waals surface area contributed by atoms with E-state index in [1.54, 1.807) is 6.07 Å². The Kier molecular flexibility index (Phi) is 4.13. The minimum Gasteiger partial charge on any atom is -0.427 e. The van der Waals surface area contributed by atoms with Crippen molar-refractivity contribution in [3.63, 3.8) is 0 Å². The van der Waals surface area contributed by atoms with Crippen LogP contribution in [0.1, 0.15) is 17.5 Å². The van der Waals surface area contributed by atoms with Gasteiger partial charge < -0.3 is 4.74 Å². The summed E-state index contributed by atoms with van der Waals surface area (Å²) < 4.78 is 5.28. The van der Waals surface area contributed by atoms with E-state index in [0.29, 0.717) is 18.6 Å². The second-order valence-corrected chi connectivity index (χ2v) is 4.28. The highest BCUT2D eigenvalue weighted by molar-refractivity contribution is 5.72. The van der Waals surface area contributed by atoms with Gasteiger partial charge in [0.1, 0.15) is 5.75 Å². The molecule has 0 heterocycles. The van der Waals surface area contributed by atoms with Gasteiger partial charge >= 0.3 is 5.97 Å². The summed E-state index contributed by atoms with van der Waals surface area (Å²) in [5.74, 6) is 0.428. The smallest absolute Gasteiger partial charge is 0.311 e. The van der Waals surface area contributed by atoms with Crippen molar-refractivity contribution in [2.45, 2.75) is 19.8 Å². The van der Waals surface area contributed by atoms with Crippen LogP contribution in [-0.2, 0) is 11.2 Å². The molecule has 0 aliphatic heterocycles. The van der Waals surface area contributed by atoms with Crippen LogP contribution in [0, 0.1) is 6.92 Å². The van der Waals surface area contributed by atoms with Crippen molar-refractivity contribution < 1.29 is 9.53 Å². The van der Waals surface area contributed by atoms with E-state index in [1.807, 2.05) is 55.5 Å². The summed E-state index contributed by atoms with van der Waals surface area (Å²) in [7, 11) is 0. The highest BCUT2D eigenvalue weighted by Crippen LogP contribution is 2.13. The van der Waals surface area contributed by atoms with Gasteiger partial charge in [-0.3, -0.25) is 4.79 Å². The third-order valence-corrected chi connectivity index (χ3v) is 2.68. The molecule has 0 unspecified atom stereocenters. The fraction of sp³-hybridized carbons (Fsp3) is 0.188. The molecular weight excluding hydrogens is 224 g/mol. The molecule has 0 fully saturated rings. The summed E-state index contributed by atoms with van der Waals surface area (Å²) >= 11 is 0. The summed E-state index contributed by atoms with van der Waals surface area (Å²) in [5.41, 5.74) is 2.24. The molecule has 2 rings (SSSR count). The maximum Gasteiger partial charge on any atom is 0.311 e. The van der Waals surface area contributed by atoms with Crippen molar-refractivity contribution in [1.29, 1.82) is 0 Å². The second kappa shape index (κ2) is 6.01. The molecule has 2 aromatic rings. The van der Waals surface area contributed by atoms with Crippen LogP contribution in [0.4, 0.5) is 0 Å². The predicted octanol–water partition coefficient (Wildman–Crippen LogP) is 3.53. The fourth-order valence-corrected chi connectivity index (χ4v) is 1.75. The van der Waals surface area contributed by atoms with Crippen LogP contribution in [0.5, 0.6) is 5.75 Å². The number of carbonyl (C=O) groups excluding carboxylic acids is 1. The van der Waals surface area contributed by atoms with Crippen molar-refractivity contribution in [3.8, 4) is 5.75 Å². The summed E-state index contributed by atoms with van der Waals surface area (Å²) in [6.45, 7) is 1.97. The van der Waals surface area contributed by atoms with Crippen molar-refractivity contribution in [2.75, 3.05) is 0 Å². The maximum atomic E-state index is 11.7. The molecule has 2 nitrogen and oxygen atoms in total. The van der Waals surface area contributed by atoms with Crippen molar-refractivity contribution in [2.24, 2.45) is 0 Å². The molecule has 2 heteroatoms. The molecule has 0 atom stereocenters. The highest BCUT2D eigenvalue weighted by atomic mass is 16.5. The van der Waals surface area contributed by atoms with Crippen LogP contribution in [-0.4, -0.2) is 5.97 Å². The largest absolute Gasteiger partial charge is 0.427 e. The Balaban J connectivity index is 1.86. The summed E-state index contributed by atoms with van der Waals surface area (Å²) in [6.07, 6.45) is 1.11. The molecule has 2 aromatic carbocycles. The normalized spacial score (nSPS) is 10.1. The second-order valence-electron chi connectivity index (χ2n) is 4.28. The molecule has 0 aromatic heterocycles. The average molecular weight is 240 g/mol. The Hall–Kier alpha value is -2.09. The molecule has 0 bridgehead atoms. The van der Waals surface area contributed by atoms with Crippen molar-refractivity contribution in [1.82, 2.24) is 0 Å². The molecule has 18 heavy (non-hydrogen) atoms. The first-order valence-corrected chi connectivity index (χ1v) is 6.05. The van der Waals surface area contributed by atoms with Crippen LogP contribution in [0.15, 0.2) is 54.6 Å². The lowest BCUT2D eigenvalue weighted by Gasteiger charge is -2.05. The zero-order valence-corrected chi connectivity index (χ0v) is 10.4. The standard InChI is InChI=1S/C16H16O2/c1-13-6-5-9-15(12-13)18-16(17)11-10-14-7-3-2-4-8-14/h2-9,12H,10-11H2,1H3. The monoisotopic (exact) mass is 240 g/mol. The summed E-state index contributed by atoms with van der Waals surface area (Å²) in [4.78, 5) is 11.7. The Morgan fingerprint density at radius 2 is 1.83 bits per heavy atom. The van der Waals surface area contributed by atoms with E-state index in [9.17, 15) is 4.79 Å². The van der Waals surface area contributed by atoms with Gasteiger partial charge in [0, 0.05) is 6.42 Å². The van der Waals surface area contributed by atoms with E-state index in [0.717, 1.165) is 11.1 Å². The van der Waals surface area contributed by atoms with Crippen molar-refractivity contribution in [3.05, 3.63) is 65.7 Å². The molecule has 0 aliphatic carbocycles. The third-order valence-electron chi connectivity index (χ3n) is 2.68. The Labute approximate surface area is 107 Å². The van der Waals surface area contributed by atoms with E-state index in [4.69, 9.17) is 4.74 Å². The Morgan fingerprint density at radius 1 is 1.06 bits per heavy atom. The first-order chi connectivity index (χ1) is 8.74. The number of aryl methyl sites for hydroxylation is 2. The van der Waals surface area contributed by atoms with Gasteiger partial charge in [-0.2, -0.15) is 0 Å². The third kappa shape index (κ3) is 3.74. The number of esters is 1. The van der Waals surface area contributed by atoms with Crippen LogP contribution < -0.4 is 4.74 Å². The number of rotatable bonds is 4. The van der Waals surface area contributed by atoms with Gasteiger partial charge in [0.25, 0.3) is 0 Å². The number of hydrogen-bond acceptors (Lipinski definition) is 2. The Bertz CT molecular complexity index is 518. The molecule has 0 saturated heterocycles. The van der Waals surface area contributed by atoms with Gasteiger partial charge in [-0.25, -0.2) is 0 Å². The summed E-state index contributed by atoms with van der Waals surface area (Å²) in [5, 5.41) is 0. The van der Waals surface area contributed by atoms with Gasteiger partial charge in [0.2, 0.25) is 0 Å². The number of carbonyl (C=O) groups is 1. The molecule has 0 N–H and O–H groups in total. The number of ether oxygens (including phenoxy) is 1. The van der Waals surface area contributed by atoms with Crippen molar-refractivity contribution >= 4 is 5.97 Å². The fourth-order valence-electron chi connectivity index (χ4n) is 1.75. The quantitative estimate of drug-likeness (QED) is 0.603. The van der Waals surface area contributed by atoms with E-state index >= 15 is 0 Å². The van der Waals surface area contributed by atoms with E-state index in [2.05, 4.69) is 0 Å². The Morgan fingerprint density at radius 3 is 2.56 bits per heavy atom. The van der Waals surface area contributed by atoms with Gasteiger partial charge in [-0.1, -0.05) is 42.5 Å². The molecule has 0 spiro atoms. The average Bonchev–Trinajstić information content (AvgIpc) is 2.38. The molecule has 0 radical (unpaired) electrons. The lowest BCUT2D eigenvalue weighted by Crippen LogP contribution is -2.09. The highest BCUT2D eigenvalue weighted by Gasteiger charge is 2.05. The first kappa shape index (κ1) is 12.4. The minimum absolute atomic E-state index is 0.190. The van der Waals surface area contributed by atoms with Gasteiger partial charge in [0.15, 0.2) is 0 Å². The van der Waals surface area contributed by atoms with Gasteiger partial charge in [0.05, 0.1) is 0 Å². The van der Waals surface area contributed by atoms with E-state index < -0.39 is 0 Å². The molecule has 0 aliphatic rings. The number of hydrogen-bond donors (Lipinski definition) is 0. The lowest BCUT2D eigenvalue weighted by atomic mass is 10.1. The van der Waals surface area contributed by atoms with Crippen LogP contribution >= 0.6 is 0 Å². The first-order valence-electron chi connectivity index (χ1n) is 6.05. The maximum absolute atomic E-state index is 11.7. The SMILES string of the molecule is Cc1cccc(OC(=O)CCc2ccccc2)c1. The van der Waals surface area contributed by atoms with E-state index in [1.165, 1.54) is 0 Å². The van der Waals surface area contributed by atoms with Gasteiger partial charge in [-0.15, -0.1) is 0 Å². The zero-order chi connectivity index (χ0) is 12.8. The van der Waals surface area contributed by atoms with Gasteiger partial charge in [-0.05, 0) is 36.6 Å². The molecule has 0 amide bonds. The van der Waals surface area contributed by atoms with Crippen LogP contribution in [0.2, 0.25) is 0 Å². The number of benzene rings is 2. The van der Waals surface area contributed by atoms with E-state index in [-0.39, 0.29) is 5.97 Å². The molecular formula is C16H16O2. The van der Waals surface area contributed by atoms with Crippen LogP contribution in [0.25, 0.3) is 0 Å². The van der Waals surface area contributed by atoms with Crippen LogP contribution in [0.3, 0.4) is 0 Å². The predicted molar refractivity (Wildman–Crippen MR) is 71.6 cm³/mol. The molecule has 0 saturated carbocycles. The summed E-state index contributed by atoms with van der Waals surface area (Å²) in [6, 6.07) is 17.5. The lowest BCUT2D eigenvalue weighted by molar-refractivity contribution is -0.134. The minimum atomic E-state index is -0.190. The topological polar surface area (TPSA) is 26.3 Å². The zero-order valence-electron chi connectivity index (χ0n) is 10.4. The molecule has 92 valence electrons.